The molecule has 0 atom stereocenters. The molecule has 0 amide bonds. The average molecular weight is 182 g/mol. The zero-order valence-electron chi connectivity index (χ0n) is 7.15. The van der Waals surface area contributed by atoms with Crippen LogP contribution in [-0.4, -0.2) is 0 Å². The summed E-state index contributed by atoms with van der Waals surface area (Å²) < 4.78 is 14.9. The lowest BCUT2D eigenvalue weighted by Gasteiger charge is -2.05. The third kappa shape index (κ3) is 2.31. The molecule has 0 bridgehead atoms. The minimum atomic E-state index is -0.300. The molecule has 0 N–H and O–H groups in total. The van der Waals surface area contributed by atoms with E-state index in [1.807, 2.05) is 18.2 Å². The first-order valence-corrected chi connectivity index (χ1v) is 4.56. The molecular weight excluding hydrogens is 171 g/mol. The summed E-state index contributed by atoms with van der Waals surface area (Å²) in [5, 5.41) is 0. The van der Waals surface area contributed by atoms with Gasteiger partial charge in [-0.2, -0.15) is 0 Å². The first-order chi connectivity index (χ1) is 5.74. The van der Waals surface area contributed by atoms with E-state index in [4.69, 9.17) is 4.52 Å². The van der Waals surface area contributed by atoms with E-state index in [2.05, 4.69) is 13.8 Å². The molecule has 0 unspecified atom stereocenters. The van der Waals surface area contributed by atoms with Crippen molar-refractivity contribution in [1.29, 1.82) is 0 Å². The monoisotopic (exact) mass is 182 g/mol. The van der Waals surface area contributed by atoms with Crippen LogP contribution in [0.3, 0.4) is 0 Å². The van der Waals surface area contributed by atoms with Gasteiger partial charge in [0.2, 0.25) is 0 Å². The van der Waals surface area contributed by atoms with Crippen molar-refractivity contribution in [2.24, 2.45) is 0 Å². The largest absolute Gasteiger partial charge is 0.408 e. The van der Waals surface area contributed by atoms with Gasteiger partial charge in [-0.15, -0.1) is 0 Å². The standard InChI is InChI=1S/C9H11O2P/c1-7(2)8-4-3-5-9(6-8)11-12-10/h3-7H,1-2H3. The molecule has 0 spiro atoms. The molecule has 0 aliphatic carbocycles. The van der Waals surface area contributed by atoms with Crippen LogP contribution in [0, 0.1) is 0 Å². The van der Waals surface area contributed by atoms with Gasteiger partial charge in [0, 0.05) is 0 Å². The molecule has 0 aliphatic heterocycles. The summed E-state index contributed by atoms with van der Waals surface area (Å²) in [5.74, 6) is 1.12. The molecule has 0 aromatic heterocycles. The lowest BCUT2D eigenvalue weighted by Crippen LogP contribution is -1.86. The zero-order chi connectivity index (χ0) is 8.97. The predicted octanol–water partition coefficient (Wildman–Crippen LogP) is 3.40. The smallest absolute Gasteiger partial charge is 0.395 e. The molecule has 0 radical (unpaired) electrons. The highest BCUT2D eigenvalue weighted by atomic mass is 31.1. The van der Waals surface area contributed by atoms with Gasteiger partial charge in [-0.1, -0.05) is 26.0 Å². The minimum absolute atomic E-state index is 0.300. The molecule has 1 aromatic rings. The van der Waals surface area contributed by atoms with Gasteiger partial charge < -0.3 is 4.52 Å². The van der Waals surface area contributed by atoms with Crippen molar-refractivity contribution in [2.45, 2.75) is 19.8 Å². The predicted molar refractivity (Wildman–Crippen MR) is 48.8 cm³/mol. The van der Waals surface area contributed by atoms with Crippen LogP contribution < -0.4 is 4.52 Å². The Morgan fingerprint density at radius 1 is 1.42 bits per heavy atom. The van der Waals surface area contributed by atoms with Gasteiger partial charge in [-0.3, -0.25) is 0 Å². The van der Waals surface area contributed by atoms with Crippen molar-refractivity contribution < 1.29 is 9.09 Å². The fraction of sp³-hybridized carbons (Fsp3) is 0.333. The molecule has 2 nitrogen and oxygen atoms in total. The van der Waals surface area contributed by atoms with Crippen molar-refractivity contribution in [3.63, 3.8) is 0 Å². The Kier molecular flexibility index (Phi) is 3.24. The highest BCUT2D eigenvalue weighted by Crippen LogP contribution is 2.21. The maximum atomic E-state index is 10.1. The second-order valence-electron chi connectivity index (χ2n) is 2.89. The summed E-state index contributed by atoms with van der Waals surface area (Å²) in [6.45, 7) is 4.21. The average Bonchev–Trinajstić information content (AvgIpc) is 2.05. The topological polar surface area (TPSA) is 26.3 Å². The fourth-order valence-corrected chi connectivity index (χ4v) is 1.17. The lowest BCUT2D eigenvalue weighted by atomic mass is 10.0. The van der Waals surface area contributed by atoms with Gasteiger partial charge in [0.15, 0.2) is 0 Å². The highest BCUT2D eigenvalue weighted by molar-refractivity contribution is 7.17. The first-order valence-electron chi connectivity index (χ1n) is 3.83. The van der Waals surface area contributed by atoms with Crippen LogP contribution in [0.15, 0.2) is 24.3 Å². The molecule has 0 fully saturated rings. The summed E-state index contributed by atoms with van der Waals surface area (Å²) in [7, 11) is -0.300. The molecule has 64 valence electrons. The minimum Gasteiger partial charge on any atom is -0.408 e. The SMILES string of the molecule is CC(C)c1cccc(OP=O)c1. The number of hydrogen-bond donors (Lipinski definition) is 0. The highest BCUT2D eigenvalue weighted by Gasteiger charge is 2.00. The molecule has 1 rings (SSSR count). The third-order valence-electron chi connectivity index (χ3n) is 1.67. The maximum absolute atomic E-state index is 10.1. The van der Waals surface area contributed by atoms with E-state index in [0.717, 1.165) is 0 Å². The molecule has 0 saturated carbocycles. The summed E-state index contributed by atoms with van der Waals surface area (Å²) in [5.41, 5.74) is 1.19. The van der Waals surface area contributed by atoms with Gasteiger partial charge in [0.05, 0.1) is 0 Å². The Bertz CT molecular complexity index is 271. The Balaban J connectivity index is 2.87. The third-order valence-corrected chi connectivity index (χ3v) is 1.95. The number of benzene rings is 1. The molecule has 0 aliphatic rings. The van der Waals surface area contributed by atoms with Crippen molar-refractivity contribution in [1.82, 2.24) is 0 Å². The van der Waals surface area contributed by atoms with Gasteiger partial charge in [0.1, 0.15) is 5.75 Å². The van der Waals surface area contributed by atoms with E-state index >= 15 is 0 Å². The number of rotatable bonds is 3. The summed E-state index contributed by atoms with van der Waals surface area (Å²) in [6.07, 6.45) is 0. The van der Waals surface area contributed by atoms with Crippen LogP contribution in [0.2, 0.25) is 0 Å². The van der Waals surface area contributed by atoms with Crippen molar-refractivity contribution in [2.75, 3.05) is 0 Å². The van der Waals surface area contributed by atoms with E-state index in [0.29, 0.717) is 11.7 Å². The van der Waals surface area contributed by atoms with E-state index in [-0.39, 0.29) is 8.69 Å². The van der Waals surface area contributed by atoms with Gasteiger partial charge in [-0.05, 0) is 23.6 Å². The molecule has 3 heteroatoms. The van der Waals surface area contributed by atoms with Crippen LogP contribution >= 0.6 is 8.69 Å². The summed E-state index contributed by atoms with van der Waals surface area (Å²) >= 11 is 0. The summed E-state index contributed by atoms with van der Waals surface area (Å²) in [4.78, 5) is 0. The van der Waals surface area contributed by atoms with Gasteiger partial charge in [-0.25, -0.2) is 4.57 Å². The van der Waals surface area contributed by atoms with E-state index in [9.17, 15) is 4.57 Å². The Hall–Kier alpha value is -0.880. The summed E-state index contributed by atoms with van der Waals surface area (Å²) in [6, 6.07) is 7.61. The molecule has 12 heavy (non-hydrogen) atoms. The first kappa shape index (κ1) is 9.21. The van der Waals surface area contributed by atoms with Crippen molar-refractivity contribution >= 4 is 8.69 Å². The van der Waals surface area contributed by atoms with E-state index in [1.54, 1.807) is 6.07 Å². The fourth-order valence-electron chi connectivity index (χ4n) is 0.973. The Labute approximate surface area is 73.8 Å². The number of hydrogen-bond acceptors (Lipinski definition) is 2. The van der Waals surface area contributed by atoms with Crippen LogP contribution in [0.4, 0.5) is 0 Å². The van der Waals surface area contributed by atoms with Gasteiger partial charge >= 0.3 is 8.69 Å². The zero-order valence-corrected chi connectivity index (χ0v) is 8.04. The van der Waals surface area contributed by atoms with Gasteiger partial charge in [0.25, 0.3) is 0 Å². The second kappa shape index (κ2) is 4.22. The molecule has 1 aromatic carbocycles. The molecule has 0 heterocycles. The van der Waals surface area contributed by atoms with Crippen LogP contribution in [0.5, 0.6) is 5.75 Å². The molecule has 0 saturated heterocycles. The maximum Gasteiger partial charge on any atom is 0.395 e. The van der Waals surface area contributed by atoms with Crippen molar-refractivity contribution in [3.8, 4) is 5.75 Å². The van der Waals surface area contributed by atoms with Crippen LogP contribution in [0.25, 0.3) is 0 Å². The Morgan fingerprint density at radius 2 is 2.17 bits per heavy atom. The van der Waals surface area contributed by atoms with Crippen LogP contribution in [-0.2, 0) is 4.57 Å². The lowest BCUT2D eigenvalue weighted by molar-refractivity contribution is 0.524. The molecular formula is C9H11O2P. The quantitative estimate of drug-likeness (QED) is 0.669. The second-order valence-corrected chi connectivity index (χ2v) is 3.22. The van der Waals surface area contributed by atoms with Crippen LogP contribution in [0.1, 0.15) is 25.3 Å². The van der Waals surface area contributed by atoms with Crippen molar-refractivity contribution in [3.05, 3.63) is 29.8 Å². The normalized spacial score (nSPS) is 10.6. The van der Waals surface area contributed by atoms with E-state index < -0.39 is 0 Å². The Morgan fingerprint density at radius 3 is 2.75 bits per heavy atom. The van der Waals surface area contributed by atoms with E-state index in [1.165, 1.54) is 5.56 Å².